The van der Waals surface area contributed by atoms with Crippen LogP contribution in [-0.4, -0.2) is 83.6 Å². The first-order valence-corrected chi connectivity index (χ1v) is 34.1. The predicted octanol–water partition coefficient (Wildman–Crippen LogP) is 10.9. The van der Waals surface area contributed by atoms with E-state index in [2.05, 4.69) is 123 Å². The van der Waals surface area contributed by atoms with Gasteiger partial charge in [0.1, 0.15) is 0 Å². The lowest BCUT2D eigenvalue weighted by molar-refractivity contribution is 0.167. The van der Waals surface area contributed by atoms with Gasteiger partial charge in [-0.25, -0.2) is 0 Å². The summed E-state index contributed by atoms with van der Waals surface area (Å²) in [5, 5.41) is 1.18. The second kappa shape index (κ2) is 26.8. The van der Waals surface area contributed by atoms with E-state index in [1.54, 1.807) is 0 Å². The molecular formula is C29H70O4S4Si5. The van der Waals surface area contributed by atoms with Gasteiger partial charge in [-0.2, -0.15) is 48.8 Å². The third kappa shape index (κ3) is 31.8. The van der Waals surface area contributed by atoms with Crippen LogP contribution >= 0.6 is 48.8 Å². The van der Waals surface area contributed by atoms with Crippen LogP contribution in [0, 0.1) is 0 Å². The Morgan fingerprint density at radius 2 is 1.19 bits per heavy atom. The molecule has 0 aromatic rings. The van der Waals surface area contributed by atoms with Crippen LogP contribution in [0.25, 0.3) is 0 Å². The molecule has 3 atom stereocenters. The van der Waals surface area contributed by atoms with Crippen LogP contribution in [0.2, 0.25) is 77.1 Å². The van der Waals surface area contributed by atoms with Crippen molar-refractivity contribution in [2.24, 2.45) is 0 Å². The molecule has 0 rings (SSSR count). The van der Waals surface area contributed by atoms with Crippen molar-refractivity contribution in [2.75, 3.05) is 41.8 Å². The summed E-state index contributed by atoms with van der Waals surface area (Å²) in [5.41, 5.74) is 4.10. The van der Waals surface area contributed by atoms with Crippen LogP contribution in [0.15, 0.2) is 24.6 Å². The van der Waals surface area contributed by atoms with E-state index in [1.807, 2.05) is 29.2 Å². The van der Waals surface area contributed by atoms with Crippen LogP contribution in [0.4, 0.5) is 0 Å². The lowest BCUT2D eigenvalue weighted by atomic mass is 10.4. The van der Waals surface area contributed by atoms with Gasteiger partial charge in [0.25, 0.3) is 0 Å². The molecule has 0 fully saturated rings. The molecular weight excluding hydrogens is 681 g/mol. The van der Waals surface area contributed by atoms with Crippen molar-refractivity contribution in [2.45, 2.75) is 117 Å². The fourth-order valence-electron chi connectivity index (χ4n) is 4.06. The smallest absolute Gasteiger partial charge is 0.340 e. The van der Waals surface area contributed by atoms with Gasteiger partial charge in [-0.05, 0) is 89.1 Å². The molecule has 13 heteroatoms. The Hall–Kier alpha value is 1.80. The number of unbranched alkanes of at least 4 members (excludes halogenated alkanes) is 2. The molecule has 4 nitrogen and oxygen atoms in total. The minimum atomic E-state index is -2.24. The molecule has 0 saturated heterocycles. The van der Waals surface area contributed by atoms with E-state index in [0.29, 0.717) is 0 Å². The Morgan fingerprint density at radius 3 is 1.57 bits per heavy atom. The molecule has 0 bridgehead atoms. The SMILES string of the molecule is C=C[Si](C)(CCCC)O[Si](C)(C)C.C=C[Si](C)(O[Si](C)(C)C)O[Si](C)(CCCC)CCSCSC.SCCOCCS. The van der Waals surface area contributed by atoms with Crippen molar-refractivity contribution < 1.29 is 17.1 Å². The highest BCUT2D eigenvalue weighted by atomic mass is 32.2. The topological polar surface area (TPSA) is 36.9 Å². The second-order valence-electron chi connectivity index (χ2n) is 13.0. The number of thiol groups is 2. The summed E-state index contributed by atoms with van der Waals surface area (Å²) in [6, 6.07) is 3.70. The lowest BCUT2D eigenvalue weighted by Gasteiger charge is -2.39. The maximum absolute atomic E-state index is 6.79. The Morgan fingerprint density at radius 1 is 0.690 bits per heavy atom. The molecule has 0 amide bonds. The van der Waals surface area contributed by atoms with Crippen molar-refractivity contribution in [3.8, 4) is 0 Å². The summed E-state index contributed by atoms with van der Waals surface area (Å²) in [4.78, 5) is 0. The molecule has 0 aliphatic carbocycles. The molecule has 42 heavy (non-hydrogen) atoms. The molecule has 0 aromatic heterocycles. The number of thioether (sulfide) groups is 2. The third-order valence-corrected chi connectivity index (χ3v) is 26.3. The highest BCUT2D eigenvalue weighted by molar-refractivity contribution is 8.15. The van der Waals surface area contributed by atoms with Crippen molar-refractivity contribution in [1.29, 1.82) is 0 Å². The van der Waals surface area contributed by atoms with E-state index in [0.717, 1.165) is 24.7 Å². The highest BCUT2D eigenvalue weighted by Gasteiger charge is 2.41. The maximum Gasteiger partial charge on any atom is 0.340 e. The monoisotopic (exact) mass is 750 g/mol. The molecule has 0 spiro atoms. The molecule has 0 aliphatic rings. The largest absolute Gasteiger partial charge is 0.453 e. The number of hydrogen-bond donors (Lipinski definition) is 2. The quantitative estimate of drug-likeness (QED) is 0.0469. The van der Waals surface area contributed by atoms with Gasteiger partial charge in [0.2, 0.25) is 8.32 Å². The molecule has 0 aromatic carbocycles. The molecule has 0 heterocycles. The molecule has 3 unspecified atom stereocenters. The first kappa shape index (κ1) is 48.2. The summed E-state index contributed by atoms with van der Waals surface area (Å²) in [5.74, 6) is 2.81. The van der Waals surface area contributed by atoms with Crippen molar-refractivity contribution in [3.63, 3.8) is 0 Å². The zero-order valence-corrected chi connectivity index (χ0v) is 38.0. The molecule has 254 valence electrons. The van der Waals surface area contributed by atoms with Crippen molar-refractivity contribution in [3.05, 3.63) is 24.6 Å². The van der Waals surface area contributed by atoms with Gasteiger partial charge >= 0.3 is 8.56 Å². The first-order valence-electron chi connectivity index (χ1n) is 15.6. The van der Waals surface area contributed by atoms with Gasteiger partial charge in [0, 0.05) is 16.6 Å². The molecule has 0 N–H and O–H groups in total. The van der Waals surface area contributed by atoms with E-state index < -0.39 is 41.8 Å². The maximum atomic E-state index is 6.79. The number of hydrogen-bond acceptors (Lipinski definition) is 8. The Bertz CT molecular complexity index is 667. The summed E-state index contributed by atoms with van der Waals surface area (Å²) < 4.78 is 24.4. The third-order valence-electron chi connectivity index (χ3n) is 5.83. The fraction of sp³-hybridized carbons (Fsp3) is 0.862. The number of rotatable bonds is 23. The van der Waals surface area contributed by atoms with E-state index >= 15 is 0 Å². The average Bonchev–Trinajstić information content (AvgIpc) is 2.88. The van der Waals surface area contributed by atoms with Gasteiger partial charge in [0.05, 0.1) is 13.2 Å². The highest BCUT2D eigenvalue weighted by Crippen LogP contribution is 2.29. The fourth-order valence-corrected chi connectivity index (χ4v) is 27.5. The van der Waals surface area contributed by atoms with Crippen LogP contribution in [0.5, 0.6) is 0 Å². The van der Waals surface area contributed by atoms with Crippen molar-refractivity contribution >= 4 is 90.6 Å². The van der Waals surface area contributed by atoms with Gasteiger partial charge in [-0.1, -0.05) is 50.9 Å². The van der Waals surface area contributed by atoms with Gasteiger partial charge < -0.3 is 17.1 Å². The van der Waals surface area contributed by atoms with E-state index in [-0.39, 0.29) is 0 Å². The Balaban J connectivity index is -0.000000638. The van der Waals surface area contributed by atoms with Gasteiger partial charge in [-0.15, -0.1) is 13.2 Å². The lowest BCUT2D eigenvalue weighted by Crippen LogP contribution is -2.53. The van der Waals surface area contributed by atoms with Crippen LogP contribution < -0.4 is 0 Å². The Kier molecular flexibility index (Phi) is 30.8. The minimum Gasteiger partial charge on any atom is -0.453 e. The second-order valence-corrected chi connectivity index (χ2v) is 37.1. The summed E-state index contributed by atoms with van der Waals surface area (Å²) in [7, 11) is -8.50. The average molecular weight is 752 g/mol. The number of ether oxygens (including phenoxy) is 1. The van der Waals surface area contributed by atoms with Gasteiger partial charge in [0.15, 0.2) is 25.0 Å². The van der Waals surface area contributed by atoms with Crippen LogP contribution in [0.3, 0.4) is 0 Å². The molecule has 0 saturated carbocycles. The minimum absolute atomic E-state index is 0.740. The Labute approximate surface area is 288 Å². The standard InChI is InChI=1S/C15H36O2S2Si3.C10H24OSi2.C4H10OS2/c1-9-11-13-21(7,14-12-19-15-18-3)17-22(8,10-2)16-20(4,5)6;1-7-9-10-13(6,8-2)11-12(3,4)5;6-3-1-5-2-4-7/h10H,2,9,11-15H2,1,3-8H3;8H,2,7,9-10H2,1,3-6H3;6-7H,1-4H2. The molecule has 0 aliphatic heterocycles. The zero-order valence-electron chi connectivity index (χ0n) is 29.6. The summed E-state index contributed by atoms with van der Waals surface area (Å²) in [6.45, 7) is 34.3. The van der Waals surface area contributed by atoms with E-state index in [9.17, 15) is 0 Å². The van der Waals surface area contributed by atoms with Crippen LogP contribution in [0.1, 0.15) is 39.5 Å². The van der Waals surface area contributed by atoms with Gasteiger partial charge in [-0.3, -0.25) is 0 Å². The zero-order chi connectivity index (χ0) is 33.3. The van der Waals surface area contributed by atoms with E-state index in [4.69, 9.17) is 17.1 Å². The first-order chi connectivity index (χ1) is 19.3. The predicted molar refractivity (Wildman–Crippen MR) is 219 cm³/mol. The summed E-state index contributed by atoms with van der Waals surface area (Å²) >= 11 is 11.8. The normalized spacial score (nSPS) is 16.0. The van der Waals surface area contributed by atoms with E-state index in [1.165, 1.54) is 54.7 Å². The summed E-state index contributed by atoms with van der Waals surface area (Å²) in [6.07, 6.45) is 7.21. The molecule has 0 radical (unpaired) electrons. The van der Waals surface area contributed by atoms with Crippen LogP contribution in [-0.2, 0) is 17.1 Å². The van der Waals surface area contributed by atoms with Crippen molar-refractivity contribution in [1.82, 2.24) is 0 Å².